The van der Waals surface area contributed by atoms with Gasteiger partial charge in [0.2, 0.25) is 0 Å². The Balaban J connectivity index is 1.50. The van der Waals surface area contributed by atoms with Gasteiger partial charge in [0.1, 0.15) is 5.82 Å². The number of carbonyl (C=O) groups is 1. The largest absolute Gasteiger partial charge is 0.379 e. The van der Waals surface area contributed by atoms with Crippen LogP contribution in [-0.2, 0) is 4.74 Å². The van der Waals surface area contributed by atoms with E-state index in [2.05, 4.69) is 25.7 Å². The average molecular weight is 366 g/mol. The molecule has 4 rings (SSSR count). The molecule has 27 heavy (non-hydrogen) atoms. The summed E-state index contributed by atoms with van der Waals surface area (Å²) in [6.45, 7) is 1.94. The fraction of sp³-hybridized carbons (Fsp3) is 0.368. The highest BCUT2D eigenvalue weighted by Gasteiger charge is 2.28. The Morgan fingerprint density at radius 3 is 2.96 bits per heavy atom. The Bertz CT molecular complexity index is 970. The van der Waals surface area contributed by atoms with E-state index in [1.807, 2.05) is 29.8 Å². The fourth-order valence-electron chi connectivity index (χ4n) is 3.56. The van der Waals surface area contributed by atoms with Crippen LogP contribution in [-0.4, -0.2) is 45.0 Å². The second-order valence-corrected chi connectivity index (χ2v) is 6.75. The minimum atomic E-state index is -0.270. The first-order valence-corrected chi connectivity index (χ1v) is 9.01. The van der Waals surface area contributed by atoms with Gasteiger partial charge in [0.25, 0.3) is 0 Å². The van der Waals surface area contributed by atoms with Crippen molar-refractivity contribution in [3.63, 3.8) is 0 Å². The first kappa shape index (κ1) is 17.4. The number of urea groups is 1. The molecule has 1 fully saturated rings. The van der Waals surface area contributed by atoms with Crippen LogP contribution >= 0.6 is 0 Å². The highest BCUT2D eigenvalue weighted by Crippen LogP contribution is 2.22. The number of amides is 2. The number of hydrogen-bond acceptors (Lipinski definition) is 5. The zero-order valence-electron chi connectivity index (χ0n) is 15.3. The van der Waals surface area contributed by atoms with Crippen molar-refractivity contribution in [3.05, 3.63) is 42.5 Å². The summed E-state index contributed by atoms with van der Waals surface area (Å²) in [6.07, 6.45) is 8.25. The van der Waals surface area contributed by atoms with Crippen molar-refractivity contribution in [1.82, 2.24) is 25.1 Å². The van der Waals surface area contributed by atoms with Crippen LogP contribution in [0.3, 0.4) is 0 Å². The highest BCUT2D eigenvalue weighted by molar-refractivity contribution is 5.91. The summed E-state index contributed by atoms with van der Waals surface area (Å²) in [4.78, 5) is 20.9. The predicted molar refractivity (Wildman–Crippen MR) is 102 cm³/mol. The third-order valence-corrected chi connectivity index (χ3v) is 4.89. The molecule has 0 unspecified atom stereocenters. The summed E-state index contributed by atoms with van der Waals surface area (Å²) in [5.74, 6) is 0.484. The van der Waals surface area contributed by atoms with Gasteiger partial charge in [-0.25, -0.2) is 14.5 Å². The number of anilines is 1. The van der Waals surface area contributed by atoms with Gasteiger partial charge in [-0.05, 0) is 44.4 Å². The number of ether oxygens (including phenoxy) is 1. The molecule has 0 saturated heterocycles. The van der Waals surface area contributed by atoms with Gasteiger partial charge < -0.3 is 10.1 Å². The molecular weight excluding hydrogens is 344 g/mol. The van der Waals surface area contributed by atoms with Crippen molar-refractivity contribution < 1.29 is 9.53 Å². The summed E-state index contributed by atoms with van der Waals surface area (Å²) in [5.41, 5.74) is 2.70. The van der Waals surface area contributed by atoms with Crippen LogP contribution in [0.15, 0.2) is 36.8 Å². The van der Waals surface area contributed by atoms with Crippen LogP contribution in [0.4, 0.5) is 10.6 Å². The lowest BCUT2D eigenvalue weighted by Crippen LogP contribution is -2.43. The zero-order chi connectivity index (χ0) is 18.8. The van der Waals surface area contributed by atoms with Gasteiger partial charge >= 0.3 is 6.03 Å². The normalized spacial score (nSPS) is 19.3. The van der Waals surface area contributed by atoms with Crippen LogP contribution in [0.2, 0.25) is 0 Å². The molecule has 2 atom stereocenters. The molecule has 2 N–H and O–H groups in total. The summed E-state index contributed by atoms with van der Waals surface area (Å²) < 4.78 is 7.22. The molecule has 1 saturated carbocycles. The van der Waals surface area contributed by atoms with E-state index < -0.39 is 0 Å². The topological polar surface area (TPSA) is 94.0 Å². The summed E-state index contributed by atoms with van der Waals surface area (Å²) in [6, 6.07) is 5.44. The lowest BCUT2D eigenvalue weighted by atomic mass is 10.2. The monoisotopic (exact) mass is 366 g/mol. The van der Waals surface area contributed by atoms with Crippen LogP contribution in [0.1, 0.15) is 25.0 Å². The fourth-order valence-corrected chi connectivity index (χ4v) is 3.56. The second-order valence-electron chi connectivity index (χ2n) is 6.75. The summed E-state index contributed by atoms with van der Waals surface area (Å²) >= 11 is 0. The van der Waals surface area contributed by atoms with Gasteiger partial charge in [0.15, 0.2) is 0 Å². The molecule has 3 aromatic rings. The molecule has 0 aliphatic heterocycles. The Labute approximate surface area is 157 Å². The van der Waals surface area contributed by atoms with Gasteiger partial charge in [-0.15, -0.1) is 0 Å². The summed E-state index contributed by atoms with van der Waals surface area (Å²) in [7, 11) is 1.68. The number of hydrogen-bond donors (Lipinski definition) is 2. The Morgan fingerprint density at radius 2 is 2.15 bits per heavy atom. The first-order chi connectivity index (χ1) is 13.1. The van der Waals surface area contributed by atoms with Crippen LogP contribution < -0.4 is 10.6 Å². The van der Waals surface area contributed by atoms with Crippen LogP contribution in [0, 0.1) is 6.92 Å². The second kappa shape index (κ2) is 7.32. The van der Waals surface area contributed by atoms with Crippen molar-refractivity contribution in [2.45, 2.75) is 38.3 Å². The van der Waals surface area contributed by atoms with Crippen LogP contribution in [0.5, 0.6) is 0 Å². The molecule has 0 radical (unpaired) electrons. The smallest absolute Gasteiger partial charge is 0.320 e. The molecule has 3 aromatic heterocycles. The molecule has 8 nitrogen and oxygen atoms in total. The lowest BCUT2D eigenvalue weighted by Gasteiger charge is -2.19. The molecule has 140 valence electrons. The molecular formula is C19H22N6O2. The number of nitrogens with one attached hydrogen (secondary N) is 2. The van der Waals surface area contributed by atoms with Crippen molar-refractivity contribution in [2.24, 2.45) is 0 Å². The van der Waals surface area contributed by atoms with Gasteiger partial charge in [-0.2, -0.15) is 5.10 Å². The number of fused-ring (bicyclic) bond motifs is 1. The Morgan fingerprint density at radius 1 is 1.26 bits per heavy atom. The van der Waals surface area contributed by atoms with E-state index in [0.717, 1.165) is 41.5 Å². The number of nitrogens with zero attached hydrogens (tertiary/aromatic N) is 4. The zero-order valence-corrected chi connectivity index (χ0v) is 15.3. The van der Waals surface area contributed by atoms with E-state index in [1.54, 1.807) is 25.7 Å². The SMILES string of the molecule is CO[C@H]1CCC[C@@H]1NC(=O)Nc1cc2cnn(-c3ccnc(C)c3)c2cn1. The van der Waals surface area contributed by atoms with Crippen molar-refractivity contribution >= 4 is 22.8 Å². The predicted octanol–water partition coefficient (Wildman–Crippen LogP) is 2.81. The van der Waals surface area contributed by atoms with E-state index in [0.29, 0.717) is 5.82 Å². The van der Waals surface area contributed by atoms with E-state index in [4.69, 9.17) is 4.74 Å². The van der Waals surface area contributed by atoms with Crippen molar-refractivity contribution in [1.29, 1.82) is 0 Å². The number of rotatable bonds is 4. The van der Waals surface area contributed by atoms with E-state index >= 15 is 0 Å². The van der Waals surface area contributed by atoms with Gasteiger partial charge in [0.05, 0.1) is 35.7 Å². The third kappa shape index (κ3) is 3.61. The number of methoxy groups -OCH3 is 1. The maximum atomic E-state index is 12.3. The lowest BCUT2D eigenvalue weighted by molar-refractivity contribution is 0.0882. The number of aryl methyl sites for hydroxylation is 1. The molecule has 1 aliphatic carbocycles. The highest BCUT2D eigenvalue weighted by atomic mass is 16.5. The molecule has 2 amide bonds. The van der Waals surface area contributed by atoms with E-state index in [1.165, 1.54) is 0 Å². The maximum absolute atomic E-state index is 12.3. The van der Waals surface area contributed by atoms with Gasteiger partial charge in [0, 0.05) is 24.4 Å². The van der Waals surface area contributed by atoms with E-state index in [-0.39, 0.29) is 18.2 Å². The van der Waals surface area contributed by atoms with Crippen LogP contribution in [0.25, 0.3) is 16.6 Å². The quantitative estimate of drug-likeness (QED) is 0.740. The van der Waals surface area contributed by atoms with Crippen molar-refractivity contribution in [2.75, 3.05) is 12.4 Å². The van der Waals surface area contributed by atoms with E-state index in [9.17, 15) is 4.79 Å². The minimum absolute atomic E-state index is 0.0383. The number of carbonyl (C=O) groups excluding carboxylic acids is 1. The van der Waals surface area contributed by atoms with Crippen molar-refractivity contribution in [3.8, 4) is 5.69 Å². The van der Waals surface area contributed by atoms with Gasteiger partial charge in [-0.1, -0.05) is 0 Å². The molecule has 8 heteroatoms. The first-order valence-electron chi connectivity index (χ1n) is 9.01. The Kier molecular flexibility index (Phi) is 4.72. The molecule has 0 spiro atoms. The maximum Gasteiger partial charge on any atom is 0.320 e. The summed E-state index contributed by atoms with van der Waals surface area (Å²) in [5, 5.41) is 11.1. The Hall–Kier alpha value is -3.00. The van der Waals surface area contributed by atoms with Gasteiger partial charge in [-0.3, -0.25) is 10.3 Å². The molecule has 3 heterocycles. The molecule has 1 aliphatic rings. The molecule has 0 aromatic carbocycles. The molecule has 0 bridgehead atoms. The number of aromatic nitrogens is 4. The number of pyridine rings is 2. The minimum Gasteiger partial charge on any atom is -0.379 e. The third-order valence-electron chi connectivity index (χ3n) is 4.89. The standard InChI is InChI=1S/C19H22N6O2/c1-12-8-14(6-7-20-12)25-16-11-21-18(9-13(16)10-22-25)24-19(26)23-15-4-3-5-17(15)27-2/h6-11,15,17H,3-5H2,1-2H3,(H2,21,23,24,26)/t15-,17-/m0/s1. The average Bonchev–Trinajstić information content (AvgIpc) is 3.27.